The molecule has 6 N–H and O–H groups in total. The highest BCUT2D eigenvalue weighted by atomic mass is 19.1. The van der Waals surface area contributed by atoms with E-state index in [1.807, 2.05) is 29.1 Å². The lowest BCUT2D eigenvalue weighted by Gasteiger charge is -2.30. The fraction of sp³-hybridized carbons (Fsp3) is 0.409. The molecular weight excluding hydrogens is 397 g/mol. The zero-order valence-electron chi connectivity index (χ0n) is 17.1. The van der Waals surface area contributed by atoms with Crippen LogP contribution in [0.25, 0.3) is 10.9 Å². The van der Waals surface area contributed by atoms with Crippen molar-refractivity contribution < 1.29 is 9.18 Å². The van der Waals surface area contributed by atoms with Gasteiger partial charge in [0, 0.05) is 23.2 Å². The molecule has 31 heavy (non-hydrogen) atoms. The molecule has 2 aliphatic carbocycles. The molecule has 0 spiro atoms. The van der Waals surface area contributed by atoms with E-state index < -0.39 is 11.7 Å². The lowest BCUT2D eigenvalue weighted by molar-refractivity contribution is 0.100. The molecule has 0 bridgehead atoms. The van der Waals surface area contributed by atoms with Crippen LogP contribution in [0.5, 0.6) is 0 Å². The normalized spacial score (nSPS) is 21.2. The summed E-state index contributed by atoms with van der Waals surface area (Å²) < 4.78 is 16.7. The standard InChI is InChI=1S/C22H26FN7O/c23-16-10-15(20(25)31)21(29-22(16)28-18-4-2-1-3-17(18)24)27-13-6-5-12-11-26-30(14-7-8-14)19(12)9-13/h5-6,9-11,14,17-18H,1-4,7-8,24H2,(H2,25,31)(H2,27,28,29)/t17-,18+/m0/s1. The van der Waals surface area contributed by atoms with E-state index in [9.17, 15) is 9.18 Å². The van der Waals surface area contributed by atoms with Crippen LogP contribution in [0.4, 0.5) is 21.7 Å². The smallest absolute Gasteiger partial charge is 0.252 e. The maximum Gasteiger partial charge on any atom is 0.252 e. The molecule has 0 unspecified atom stereocenters. The highest BCUT2D eigenvalue weighted by Gasteiger charge is 2.26. The van der Waals surface area contributed by atoms with Crippen molar-refractivity contribution in [3.63, 3.8) is 0 Å². The van der Waals surface area contributed by atoms with Crippen LogP contribution in [0.15, 0.2) is 30.5 Å². The Kier molecular flexibility index (Phi) is 4.97. The third kappa shape index (κ3) is 3.93. The molecule has 2 fully saturated rings. The summed E-state index contributed by atoms with van der Waals surface area (Å²) in [6, 6.07) is 7.23. The zero-order valence-corrected chi connectivity index (χ0v) is 17.1. The van der Waals surface area contributed by atoms with Crippen molar-refractivity contribution in [2.45, 2.75) is 56.7 Å². The minimum Gasteiger partial charge on any atom is -0.365 e. The van der Waals surface area contributed by atoms with E-state index >= 15 is 0 Å². The Morgan fingerprint density at radius 3 is 2.68 bits per heavy atom. The van der Waals surface area contributed by atoms with Gasteiger partial charge in [0.2, 0.25) is 0 Å². The van der Waals surface area contributed by atoms with Crippen LogP contribution in [0, 0.1) is 5.82 Å². The first kappa shape index (κ1) is 19.7. The second-order valence-electron chi connectivity index (χ2n) is 8.50. The molecule has 162 valence electrons. The van der Waals surface area contributed by atoms with Crippen LogP contribution >= 0.6 is 0 Å². The van der Waals surface area contributed by atoms with E-state index in [0.29, 0.717) is 6.04 Å². The predicted molar refractivity (Wildman–Crippen MR) is 118 cm³/mol. The summed E-state index contributed by atoms with van der Waals surface area (Å²) in [4.78, 5) is 16.3. The van der Waals surface area contributed by atoms with E-state index in [0.717, 1.165) is 61.2 Å². The lowest BCUT2D eigenvalue weighted by atomic mass is 9.91. The molecule has 3 aromatic rings. The van der Waals surface area contributed by atoms with Crippen LogP contribution in [0.2, 0.25) is 0 Å². The Balaban J connectivity index is 1.47. The molecule has 8 nitrogen and oxygen atoms in total. The fourth-order valence-electron chi connectivity index (χ4n) is 4.25. The molecule has 0 radical (unpaired) electrons. The molecule has 2 aliphatic rings. The Morgan fingerprint density at radius 1 is 1.13 bits per heavy atom. The van der Waals surface area contributed by atoms with Crippen LogP contribution in [0.3, 0.4) is 0 Å². The highest BCUT2D eigenvalue weighted by molar-refractivity contribution is 5.99. The van der Waals surface area contributed by atoms with Gasteiger partial charge in [-0.05, 0) is 49.9 Å². The van der Waals surface area contributed by atoms with Crippen LogP contribution in [-0.2, 0) is 0 Å². The maximum atomic E-state index is 14.7. The van der Waals surface area contributed by atoms with Gasteiger partial charge in [-0.1, -0.05) is 12.8 Å². The van der Waals surface area contributed by atoms with E-state index in [2.05, 4.69) is 20.7 Å². The van der Waals surface area contributed by atoms with E-state index in [1.54, 1.807) is 0 Å². The number of rotatable bonds is 6. The first-order valence-corrected chi connectivity index (χ1v) is 10.8. The molecular formula is C22H26FN7O. The summed E-state index contributed by atoms with van der Waals surface area (Å²) in [7, 11) is 0. The average molecular weight is 423 g/mol. The van der Waals surface area contributed by atoms with Gasteiger partial charge in [0.15, 0.2) is 11.6 Å². The van der Waals surface area contributed by atoms with Gasteiger partial charge >= 0.3 is 0 Å². The molecule has 2 saturated carbocycles. The number of anilines is 3. The number of benzene rings is 1. The SMILES string of the molecule is NC(=O)c1cc(F)c(N[C@@H]2CCCC[C@@H]2N)nc1Nc1ccc2cnn(C3CC3)c2c1. The number of nitrogens with two attached hydrogens (primary N) is 2. The Hall–Kier alpha value is -3.20. The number of amides is 1. The molecule has 2 aromatic heterocycles. The largest absolute Gasteiger partial charge is 0.365 e. The number of fused-ring (bicyclic) bond motifs is 1. The van der Waals surface area contributed by atoms with Crippen molar-refractivity contribution in [3.8, 4) is 0 Å². The van der Waals surface area contributed by atoms with Crippen LogP contribution in [-0.4, -0.2) is 32.8 Å². The quantitative estimate of drug-likeness (QED) is 0.482. The Morgan fingerprint density at radius 2 is 1.94 bits per heavy atom. The van der Waals surface area contributed by atoms with Gasteiger partial charge in [-0.15, -0.1) is 0 Å². The monoisotopic (exact) mass is 423 g/mol. The molecule has 9 heteroatoms. The van der Waals surface area contributed by atoms with Gasteiger partial charge in [-0.3, -0.25) is 9.48 Å². The van der Waals surface area contributed by atoms with Crippen molar-refractivity contribution >= 4 is 34.1 Å². The first-order chi connectivity index (χ1) is 15.0. The zero-order chi connectivity index (χ0) is 21.5. The summed E-state index contributed by atoms with van der Waals surface area (Å²) in [5.41, 5.74) is 13.4. The fourth-order valence-corrected chi connectivity index (χ4v) is 4.25. The van der Waals surface area contributed by atoms with E-state index in [-0.39, 0.29) is 29.3 Å². The molecule has 2 atom stereocenters. The number of carbonyl (C=O) groups is 1. The average Bonchev–Trinajstić information content (AvgIpc) is 3.51. The number of hydrogen-bond donors (Lipinski definition) is 4. The van der Waals surface area contributed by atoms with Gasteiger partial charge in [0.25, 0.3) is 5.91 Å². The summed E-state index contributed by atoms with van der Waals surface area (Å²) in [6.45, 7) is 0. The van der Waals surface area contributed by atoms with Gasteiger partial charge < -0.3 is 22.1 Å². The number of carbonyl (C=O) groups excluding carboxylic acids is 1. The molecule has 0 saturated heterocycles. The van der Waals surface area contributed by atoms with E-state index in [1.165, 1.54) is 0 Å². The molecule has 5 rings (SSSR count). The van der Waals surface area contributed by atoms with Gasteiger partial charge in [0.1, 0.15) is 5.82 Å². The van der Waals surface area contributed by atoms with Gasteiger partial charge in [-0.25, -0.2) is 9.37 Å². The van der Waals surface area contributed by atoms with Crippen molar-refractivity contribution in [1.29, 1.82) is 0 Å². The van der Waals surface area contributed by atoms with E-state index in [4.69, 9.17) is 11.5 Å². The van der Waals surface area contributed by atoms with Crippen molar-refractivity contribution in [2.75, 3.05) is 10.6 Å². The number of aromatic nitrogens is 3. The van der Waals surface area contributed by atoms with Crippen molar-refractivity contribution in [2.24, 2.45) is 11.5 Å². The minimum absolute atomic E-state index is 0.00760. The third-order valence-electron chi connectivity index (χ3n) is 6.14. The lowest BCUT2D eigenvalue weighted by Crippen LogP contribution is -2.43. The second-order valence-corrected chi connectivity index (χ2v) is 8.50. The highest BCUT2D eigenvalue weighted by Crippen LogP contribution is 2.37. The topological polar surface area (TPSA) is 124 Å². The van der Waals surface area contributed by atoms with Crippen molar-refractivity contribution in [1.82, 2.24) is 14.8 Å². The summed E-state index contributed by atoms with van der Waals surface area (Å²) >= 11 is 0. The van der Waals surface area contributed by atoms with Crippen LogP contribution in [0.1, 0.15) is 54.9 Å². The molecule has 1 amide bonds. The number of halogens is 1. The van der Waals surface area contributed by atoms with Gasteiger partial charge in [-0.2, -0.15) is 5.10 Å². The molecule has 0 aliphatic heterocycles. The summed E-state index contributed by atoms with van der Waals surface area (Å²) in [6.07, 6.45) is 7.94. The summed E-state index contributed by atoms with van der Waals surface area (Å²) in [5.74, 6) is -1.10. The predicted octanol–water partition coefficient (Wildman–Crippen LogP) is 3.43. The Labute approximate surface area is 179 Å². The number of pyridine rings is 1. The first-order valence-electron chi connectivity index (χ1n) is 10.8. The maximum absolute atomic E-state index is 14.7. The van der Waals surface area contributed by atoms with Gasteiger partial charge in [0.05, 0.1) is 23.3 Å². The number of nitrogens with one attached hydrogen (secondary N) is 2. The third-order valence-corrected chi connectivity index (χ3v) is 6.14. The molecule has 2 heterocycles. The van der Waals surface area contributed by atoms with Crippen molar-refractivity contribution in [3.05, 3.63) is 41.8 Å². The number of primary amides is 1. The molecule has 1 aromatic carbocycles. The number of hydrogen-bond acceptors (Lipinski definition) is 6. The minimum atomic E-state index is -0.751. The number of nitrogens with zero attached hydrogens (tertiary/aromatic N) is 3. The summed E-state index contributed by atoms with van der Waals surface area (Å²) in [5, 5.41) is 11.8. The second kappa shape index (κ2) is 7.81. The van der Waals surface area contributed by atoms with Crippen LogP contribution < -0.4 is 22.1 Å². The Bertz CT molecular complexity index is 1140.